The minimum Gasteiger partial charge on any atom is -0.286 e. The molecule has 0 atom stereocenters. The number of hydrogen-bond donors (Lipinski definition) is 2. The van der Waals surface area contributed by atoms with Crippen LogP contribution >= 0.6 is 0 Å². The molecule has 0 bridgehead atoms. The van der Waals surface area contributed by atoms with Crippen molar-refractivity contribution in [2.45, 2.75) is 12.8 Å². The smallest absolute Gasteiger partial charge is 0.267 e. The fourth-order valence-electron chi connectivity index (χ4n) is 1.28. The van der Waals surface area contributed by atoms with Crippen LogP contribution in [0.15, 0.2) is 0 Å². The van der Waals surface area contributed by atoms with Crippen LogP contribution in [0.3, 0.4) is 0 Å². The van der Waals surface area contributed by atoms with Crippen molar-refractivity contribution in [3.05, 3.63) is 0 Å². The Labute approximate surface area is 140 Å². The Morgan fingerprint density at radius 3 is 1.08 bits per heavy atom. The van der Waals surface area contributed by atoms with Crippen LogP contribution in [0.1, 0.15) is 12.8 Å². The van der Waals surface area contributed by atoms with Gasteiger partial charge in [0, 0.05) is 0 Å². The molecule has 0 spiro atoms. The lowest BCUT2D eigenvalue weighted by atomic mass is 10.6. The molecule has 0 heterocycles. The van der Waals surface area contributed by atoms with Gasteiger partial charge in [-0.05, 0) is 12.8 Å². The maximum absolute atomic E-state index is 11.3. The first-order chi connectivity index (χ1) is 10.6. The van der Waals surface area contributed by atoms with Gasteiger partial charge in [0.15, 0.2) is 0 Å². The Morgan fingerprint density at radius 2 is 0.833 bits per heavy atom. The van der Waals surface area contributed by atoms with Crippen LogP contribution in [-0.4, -0.2) is 79.0 Å². The predicted octanol–water partition coefficient (Wildman–Crippen LogP) is -1.76. The zero-order chi connectivity index (χ0) is 19.1. The van der Waals surface area contributed by atoms with Crippen LogP contribution in [0.2, 0.25) is 0 Å². The van der Waals surface area contributed by atoms with E-state index < -0.39 is 89.5 Å². The predicted molar refractivity (Wildman–Crippen MR) is 81.5 cm³/mol. The Balaban J connectivity index is 4.10. The summed E-state index contributed by atoms with van der Waals surface area (Å²) in [5, 5.41) is 0. The van der Waals surface area contributed by atoms with Crippen molar-refractivity contribution in [2.24, 2.45) is 0 Å². The van der Waals surface area contributed by atoms with Gasteiger partial charge in [0.1, 0.15) is 0 Å². The normalized spacial score (nSPS) is 13.9. The molecule has 0 aliphatic rings. The van der Waals surface area contributed by atoms with E-state index in [1.54, 1.807) is 0 Å². The zero-order valence-electron chi connectivity index (χ0n) is 12.3. The summed E-state index contributed by atoms with van der Waals surface area (Å²) in [6.07, 6.45) is -0.814. The summed E-state index contributed by atoms with van der Waals surface area (Å²) in [7, 11) is -16.8. The summed E-state index contributed by atoms with van der Waals surface area (Å²) in [6, 6.07) is 0. The van der Waals surface area contributed by atoms with Crippen LogP contribution in [0.4, 0.5) is 0 Å². The monoisotopic (exact) mass is 434 g/mol. The molecule has 16 heteroatoms. The molecule has 0 aromatic rings. The fourth-order valence-corrected chi connectivity index (χ4v) is 4.54. The van der Waals surface area contributed by atoms with Gasteiger partial charge < -0.3 is 0 Å². The summed E-state index contributed by atoms with van der Waals surface area (Å²) in [4.78, 5) is 0. The van der Waals surface area contributed by atoms with Crippen LogP contribution in [0, 0.1) is 0 Å². The van der Waals surface area contributed by atoms with Gasteiger partial charge in [-0.25, -0.2) is 0 Å². The van der Waals surface area contributed by atoms with E-state index in [1.807, 2.05) is 0 Å². The first-order valence-electron chi connectivity index (χ1n) is 6.26. The van der Waals surface area contributed by atoms with Crippen molar-refractivity contribution in [1.29, 1.82) is 0 Å². The van der Waals surface area contributed by atoms with E-state index in [0.717, 1.165) is 0 Å². The summed E-state index contributed by atoms with van der Waals surface area (Å²) in [5.74, 6) is -2.94. The molecule has 0 aliphatic heterocycles. The van der Waals surface area contributed by atoms with Gasteiger partial charge in [0.25, 0.3) is 40.5 Å². The molecular formula is C8H18O12S4. The quantitative estimate of drug-likeness (QED) is 0.188. The van der Waals surface area contributed by atoms with Crippen LogP contribution in [-0.2, 0) is 48.8 Å². The maximum Gasteiger partial charge on any atom is 0.267 e. The van der Waals surface area contributed by atoms with Crippen molar-refractivity contribution in [2.75, 3.05) is 36.2 Å². The molecule has 0 unspecified atom stereocenters. The van der Waals surface area contributed by atoms with Gasteiger partial charge >= 0.3 is 0 Å². The van der Waals surface area contributed by atoms with Crippen molar-refractivity contribution in [3.63, 3.8) is 0 Å². The van der Waals surface area contributed by atoms with E-state index in [2.05, 4.69) is 8.37 Å². The molecule has 0 saturated carbocycles. The molecule has 24 heavy (non-hydrogen) atoms. The van der Waals surface area contributed by atoms with Gasteiger partial charge in [-0.2, -0.15) is 33.7 Å². The first-order valence-corrected chi connectivity index (χ1v) is 12.6. The number of hydrogen-bond acceptors (Lipinski definition) is 10. The Kier molecular flexibility index (Phi) is 9.23. The van der Waals surface area contributed by atoms with E-state index in [0.29, 0.717) is 0 Å². The van der Waals surface area contributed by atoms with Crippen molar-refractivity contribution >= 4 is 40.5 Å². The standard InChI is InChI=1S/C8H18O12S4/c9-21(10,11)5-1-7-23(15,16)19-3-4-20-24(17,18)8-2-6-22(12,13)14/h1-8H2,(H,9,10,11)(H,12,13,14). The summed E-state index contributed by atoms with van der Waals surface area (Å²) in [5.41, 5.74) is 0. The second-order valence-electron chi connectivity index (χ2n) is 4.45. The van der Waals surface area contributed by atoms with Crippen LogP contribution in [0.5, 0.6) is 0 Å². The Hall–Kier alpha value is -0.360. The van der Waals surface area contributed by atoms with Crippen molar-refractivity contribution < 1.29 is 51.1 Å². The first kappa shape index (κ1) is 23.6. The zero-order valence-corrected chi connectivity index (χ0v) is 15.5. The Bertz CT molecular complexity index is 719. The highest BCUT2D eigenvalue weighted by atomic mass is 32.2. The maximum atomic E-state index is 11.3. The van der Waals surface area contributed by atoms with Gasteiger partial charge in [-0.15, -0.1) is 0 Å². The molecule has 0 fully saturated rings. The third kappa shape index (κ3) is 15.2. The molecule has 0 radical (unpaired) electrons. The average molecular weight is 434 g/mol. The highest BCUT2D eigenvalue weighted by Gasteiger charge is 2.16. The molecule has 2 N–H and O–H groups in total. The molecule has 0 aromatic heterocycles. The van der Waals surface area contributed by atoms with Gasteiger partial charge in [-0.3, -0.25) is 17.5 Å². The van der Waals surface area contributed by atoms with Crippen molar-refractivity contribution in [3.8, 4) is 0 Å². The largest absolute Gasteiger partial charge is 0.286 e. The molecule has 0 saturated heterocycles. The van der Waals surface area contributed by atoms with Gasteiger partial charge in [0.2, 0.25) is 0 Å². The molecule has 0 rings (SSSR count). The lowest BCUT2D eigenvalue weighted by Crippen LogP contribution is -2.20. The van der Waals surface area contributed by atoms with E-state index >= 15 is 0 Å². The van der Waals surface area contributed by atoms with E-state index in [1.165, 1.54) is 0 Å². The minimum atomic E-state index is -4.30. The summed E-state index contributed by atoms with van der Waals surface area (Å²) in [6.45, 7) is -1.32. The lowest BCUT2D eigenvalue weighted by molar-refractivity contribution is 0.224. The average Bonchev–Trinajstić information content (AvgIpc) is 2.31. The Morgan fingerprint density at radius 1 is 0.542 bits per heavy atom. The lowest BCUT2D eigenvalue weighted by Gasteiger charge is -2.07. The molecule has 12 nitrogen and oxygen atoms in total. The third-order valence-electron chi connectivity index (χ3n) is 2.20. The molecule has 146 valence electrons. The molecule has 0 amide bonds. The van der Waals surface area contributed by atoms with Crippen LogP contribution in [0.25, 0.3) is 0 Å². The number of rotatable bonds is 13. The van der Waals surface area contributed by atoms with Crippen molar-refractivity contribution in [1.82, 2.24) is 0 Å². The summed E-state index contributed by atoms with van der Waals surface area (Å²) >= 11 is 0. The molecule has 0 aliphatic carbocycles. The van der Waals surface area contributed by atoms with Gasteiger partial charge in [-0.1, -0.05) is 0 Å². The highest BCUT2D eigenvalue weighted by Crippen LogP contribution is 2.02. The molecular weight excluding hydrogens is 416 g/mol. The molecule has 0 aromatic carbocycles. The van der Waals surface area contributed by atoms with E-state index in [-0.39, 0.29) is 0 Å². The van der Waals surface area contributed by atoms with E-state index in [4.69, 9.17) is 9.11 Å². The fraction of sp³-hybridized carbons (Fsp3) is 1.00. The second kappa shape index (κ2) is 9.37. The van der Waals surface area contributed by atoms with Gasteiger partial charge in [0.05, 0.1) is 36.2 Å². The third-order valence-corrected chi connectivity index (χ3v) is 6.44. The minimum absolute atomic E-state index is 0.407. The summed E-state index contributed by atoms with van der Waals surface area (Å²) < 4.78 is 113. The highest BCUT2D eigenvalue weighted by molar-refractivity contribution is 7.87. The SMILES string of the molecule is O=S(=O)(O)CCCS(=O)(=O)OCCOS(=O)(=O)CCCS(=O)(=O)O. The van der Waals surface area contributed by atoms with E-state index in [9.17, 15) is 33.7 Å². The topological polar surface area (TPSA) is 195 Å². The van der Waals surface area contributed by atoms with Crippen LogP contribution < -0.4 is 0 Å². The second-order valence-corrected chi connectivity index (χ2v) is 11.1.